The number of pyridine rings is 1. The first-order chi connectivity index (χ1) is 26.2. The highest BCUT2D eigenvalue weighted by atomic mass is 35.5. The Morgan fingerprint density at radius 1 is 1.07 bits per heavy atom. The van der Waals surface area contributed by atoms with Gasteiger partial charge in [0, 0.05) is 58.7 Å². The summed E-state index contributed by atoms with van der Waals surface area (Å²) in [6.07, 6.45) is 5.17. The predicted molar refractivity (Wildman–Crippen MR) is 222 cm³/mol. The molecule has 18 heteroatoms. The third kappa shape index (κ3) is 10.3. The van der Waals surface area contributed by atoms with Gasteiger partial charge in [0.2, 0.25) is 5.91 Å². The van der Waals surface area contributed by atoms with E-state index in [4.69, 9.17) is 32.0 Å². The number of anilines is 1. The SMILES string of the molecule is C[C@@H](C(=O)O)N(CCOc1ccc(-c2c(C#N)c(SCc3csc(-c4ccc(Cl)cc4)n3)nc(N3CCCC3)c2C#N)cc1)C(=O)[C@@H](N)Cc1cnc[nH]1.Cl.Cl. The molecule has 0 saturated carbocycles. The molecule has 1 aliphatic heterocycles. The van der Waals surface area contributed by atoms with Gasteiger partial charge in [-0.05, 0) is 49.6 Å². The van der Waals surface area contributed by atoms with Crippen LogP contribution in [0.2, 0.25) is 5.02 Å². The van der Waals surface area contributed by atoms with Crippen LogP contribution in [0, 0.1) is 22.7 Å². The van der Waals surface area contributed by atoms with E-state index in [0.29, 0.717) is 55.3 Å². The third-order valence-electron chi connectivity index (χ3n) is 8.94. The van der Waals surface area contributed by atoms with Crippen molar-refractivity contribution in [3.63, 3.8) is 0 Å². The number of aromatic amines is 1. The Hall–Kier alpha value is -4.87. The van der Waals surface area contributed by atoms with Crippen molar-refractivity contribution >= 4 is 77.2 Å². The molecule has 13 nitrogen and oxygen atoms in total. The number of aromatic nitrogens is 4. The molecule has 1 aliphatic rings. The topological polar surface area (TPSA) is 198 Å². The van der Waals surface area contributed by atoms with Crippen molar-refractivity contribution in [3.8, 4) is 39.6 Å². The fourth-order valence-corrected chi connectivity index (χ4v) is 8.03. The van der Waals surface area contributed by atoms with Crippen LogP contribution >= 0.6 is 59.5 Å². The lowest BCUT2D eigenvalue weighted by molar-refractivity contribution is -0.150. The van der Waals surface area contributed by atoms with E-state index in [9.17, 15) is 25.2 Å². The van der Waals surface area contributed by atoms with Crippen LogP contribution in [0.5, 0.6) is 5.75 Å². The monoisotopic (exact) mass is 853 g/mol. The smallest absolute Gasteiger partial charge is 0.326 e. The van der Waals surface area contributed by atoms with Gasteiger partial charge in [-0.3, -0.25) is 4.79 Å². The number of benzene rings is 2. The van der Waals surface area contributed by atoms with Gasteiger partial charge in [-0.15, -0.1) is 36.2 Å². The molecular weight excluding hydrogens is 817 g/mol. The largest absolute Gasteiger partial charge is 0.492 e. The minimum Gasteiger partial charge on any atom is -0.492 e. The van der Waals surface area contributed by atoms with Crippen molar-refractivity contribution in [1.82, 2.24) is 24.8 Å². The minimum absolute atomic E-state index is 0. The number of thiazole rings is 1. The summed E-state index contributed by atoms with van der Waals surface area (Å²) >= 11 is 8.99. The lowest BCUT2D eigenvalue weighted by atomic mass is 9.96. The van der Waals surface area contributed by atoms with Gasteiger partial charge in [-0.1, -0.05) is 47.6 Å². The van der Waals surface area contributed by atoms with Crippen molar-refractivity contribution in [1.29, 1.82) is 10.5 Å². The molecule has 0 aliphatic carbocycles. The molecule has 56 heavy (non-hydrogen) atoms. The highest BCUT2D eigenvalue weighted by Gasteiger charge is 2.30. The van der Waals surface area contributed by atoms with Gasteiger partial charge in [-0.25, -0.2) is 19.7 Å². The van der Waals surface area contributed by atoms with Crippen LogP contribution in [-0.4, -0.2) is 80.1 Å². The van der Waals surface area contributed by atoms with E-state index in [1.165, 1.54) is 41.2 Å². The summed E-state index contributed by atoms with van der Waals surface area (Å²) in [5.74, 6) is -0.215. The van der Waals surface area contributed by atoms with Gasteiger partial charge in [0.1, 0.15) is 52.0 Å². The molecule has 292 valence electrons. The second-order valence-electron chi connectivity index (χ2n) is 12.5. The molecule has 3 aromatic heterocycles. The zero-order valence-electron chi connectivity index (χ0n) is 30.1. The first kappa shape index (κ1) is 43.9. The Balaban J connectivity index is 0.00000348. The predicted octanol–water partition coefficient (Wildman–Crippen LogP) is 6.98. The van der Waals surface area contributed by atoms with Crippen molar-refractivity contribution in [2.75, 3.05) is 31.1 Å². The summed E-state index contributed by atoms with van der Waals surface area (Å²) in [4.78, 5) is 44.9. The number of nitrogens with two attached hydrogens (primary N) is 1. The quantitative estimate of drug-likeness (QED) is 0.0915. The molecule has 5 aromatic rings. The van der Waals surface area contributed by atoms with E-state index < -0.39 is 24.0 Å². The molecule has 6 rings (SSSR count). The first-order valence-corrected chi connectivity index (χ1v) is 19.4. The fourth-order valence-electron chi connectivity index (χ4n) is 6.09. The molecule has 0 bridgehead atoms. The first-order valence-electron chi connectivity index (χ1n) is 17.1. The number of carboxylic acid groups (broad SMARTS) is 1. The number of imidazole rings is 1. The number of H-pyrrole nitrogens is 1. The second-order valence-corrected chi connectivity index (χ2v) is 14.8. The number of nitrogens with one attached hydrogen (secondary N) is 1. The maximum Gasteiger partial charge on any atom is 0.326 e. The van der Waals surface area contributed by atoms with Crippen molar-refractivity contribution in [3.05, 3.63) is 94.0 Å². The summed E-state index contributed by atoms with van der Waals surface area (Å²) in [6.45, 7) is 2.91. The summed E-state index contributed by atoms with van der Waals surface area (Å²) in [5.41, 5.74) is 10.4. The lowest BCUT2D eigenvalue weighted by Gasteiger charge is -2.29. The Labute approximate surface area is 349 Å². The number of halogens is 3. The van der Waals surface area contributed by atoms with Crippen LogP contribution in [0.3, 0.4) is 0 Å². The summed E-state index contributed by atoms with van der Waals surface area (Å²) < 4.78 is 5.95. The van der Waals surface area contributed by atoms with E-state index in [-0.39, 0.29) is 44.4 Å². The number of carboxylic acids is 1. The molecule has 0 spiro atoms. The van der Waals surface area contributed by atoms with E-state index in [0.717, 1.165) is 42.2 Å². The standard InChI is InChI=1S/C38H36ClN9O4S2.2ClH/c1-23(38(50)51)48(37(49)32(42)16-27-19-43-22-44-27)14-15-52-29-10-6-24(7-11-29)33-30(17-40)34(47-12-2-3-13-47)46-36(31(33)18-41)54-21-28-20-53-35(45-28)25-4-8-26(39)9-5-25;;/h4-11,19-20,22-23,32H,2-3,12-16,21,42H2,1H3,(H,43,44)(H,50,51);2*1H/t23-,32-;;/m0../s1. The molecule has 1 amide bonds. The Kier molecular flexibility index (Phi) is 15.9. The van der Waals surface area contributed by atoms with Gasteiger partial charge < -0.3 is 30.4 Å². The normalized spacial score (nSPS) is 13.1. The number of ether oxygens (including phenoxy) is 1. The molecule has 2 atom stereocenters. The van der Waals surface area contributed by atoms with Gasteiger partial charge in [0.05, 0.1) is 30.2 Å². The van der Waals surface area contributed by atoms with Gasteiger partial charge in [0.15, 0.2) is 0 Å². The highest BCUT2D eigenvalue weighted by molar-refractivity contribution is 7.98. The van der Waals surface area contributed by atoms with Crippen LogP contribution < -0.4 is 15.4 Å². The fraction of sp³-hybridized carbons (Fsp3) is 0.289. The summed E-state index contributed by atoms with van der Waals surface area (Å²) in [6, 6.07) is 17.0. The van der Waals surface area contributed by atoms with Gasteiger partial charge in [-0.2, -0.15) is 10.5 Å². The van der Waals surface area contributed by atoms with Crippen LogP contribution in [0.4, 0.5) is 5.82 Å². The van der Waals surface area contributed by atoms with Gasteiger partial charge in [0.25, 0.3) is 0 Å². The number of hydrogen-bond acceptors (Lipinski definition) is 12. The molecule has 1 saturated heterocycles. The van der Waals surface area contributed by atoms with Crippen LogP contribution in [-0.2, 0) is 21.8 Å². The number of carbonyl (C=O) groups is 2. The zero-order chi connectivity index (χ0) is 38.2. The number of aliphatic carboxylic acids is 1. The maximum absolute atomic E-state index is 13.2. The zero-order valence-corrected chi connectivity index (χ0v) is 34.1. The number of rotatable bonds is 15. The van der Waals surface area contributed by atoms with E-state index in [1.807, 2.05) is 29.6 Å². The van der Waals surface area contributed by atoms with Crippen LogP contribution in [0.15, 0.2) is 71.5 Å². The Morgan fingerprint density at radius 3 is 2.38 bits per heavy atom. The highest BCUT2D eigenvalue weighted by Crippen LogP contribution is 2.40. The van der Waals surface area contributed by atoms with Crippen molar-refractivity contribution in [2.24, 2.45) is 5.73 Å². The Bertz CT molecular complexity index is 2190. The maximum atomic E-state index is 13.2. The van der Waals surface area contributed by atoms with E-state index in [2.05, 4.69) is 27.0 Å². The average molecular weight is 855 g/mol. The summed E-state index contributed by atoms with van der Waals surface area (Å²) in [7, 11) is 0. The molecule has 4 N–H and O–H groups in total. The summed E-state index contributed by atoms with van der Waals surface area (Å²) in [5, 5.41) is 34.7. The van der Waals surface area contributed by atoms with Crippen molar-refractivity contribution < 1.29 is 19.4 Å². The minimum atomic E-state index is -1.17. The number of nitriles is 2. The Morgan fingerprint density at radius 2 is 1.75 bits per heavy atom. The van der Waals surface area contributed by atoms with Crippen molar-refractivity contribution in [2.45, 2.75) is 49.0 Å². The molecule has 1 fully saturated rings. The van der Waals surface area contributed by atoms with Crippen LogP contribution in [0.25, 0.3) is 21.7 Å². The molecule has 0 unspecified atom stereocenters. The molecule has 4 heterocycles. The average Bonchev–Trinajstić information content (AvgIpc) is 4.00. The van der Waals surface area contributed by atoms with Crippen LogP contribution in [0.1, 0.15) is 42.3 Å². The number of nitrogens with zero attached hydrogens (tertiary/aromatic N) is 7. The van der Waals surface area contributed by atoms with Gasteiger partial charge >= 0.3 is 5.97 Å². The molecule has 2 aromatic carbocycles. The van der Waals surface area contributed by atoms with E-state index in [1.54, 1.807) is 30.5 Å². The molecule has 0 radical (unpaired) electrons. The van der Waals surface area contributed by atoms with E-state index >= 15 is 0 Å². The number of amides is 1. The number of carbonyl (C=O) groups excluding carboxylic acids is 1. The molecular formula is C38H38Cl3N9O4S2. The number of thioether (sulfide) groups is 1. The number of hydrogen-bond donors (Lipinski definition) is 3. The lowest BCUT2D eigenvalue weighted by Crippen LogP contribution is -2.52. The third-order valence-corrected chi connectivity index (χ3v) is 11.1. The second kappa shape index (κ2) is 20.3.